The molecule has 6 nitrogen and oxygen atoms in total. The fourth-order valence-electron chi connectivity index (χ4n) is 7.66. The van der Waals surface area contributed by atoms with Crippen LogP contribution in [0.1, 0.15) is 264 Å². The van der Waals surface area contributed by atoms with Crippen LogP contribution >= 0.6 is 0 Å². The van der Waals surface area contributed by atoms with E-state index in [9.17, 15) is 19.8 Å². The number of ether oxygens (including phenoxy) is 1. The fourth-order valence-corrected chi connectivity index (χ4v) is 7.66. The van der Waals surface area contributed by atoms with Crippen LogP contribution in [0.2, 0.25) is 0 Å². The molecule has 0 bridgehead atoms. The summed E-state index contributed by atoms with van der Waals surface area (Å²) in [5.41, 5.74) is 0. The van der Waals surface area contributed by atoms with Gasteiger partial charge in [-0.2, -0.15) is 0 Å². The molecule has 346 valence electrons. The Bertz CT molecular complexity index is 962. The largest absolute Gasteiger partial charge is 0.466 e. The monoisotopic (exact) mass is 830 g/mol. The molecule has 0 aromatic heterocycles. The van der Waals surface area contributed by atoms with Gasteiger partial charge in [0.25, 0.3) is 0 Å². The van der Waals surface area contributed by atoms with Crippen molar-refractivity contribution in [1.29, 1.82) is 0 Å². The lowest BCUT2D eigenvalue weighted by Crippen LogP contribution is -2.45. The van der Waals surface area contributed by atoms with E-state index in [1.54, 1.807) is 6.08 Å². The first kappa shape index (κ1) is 57.1. The number of aliphatic hydroxyl groups excluding tert-OH is 2. The van der Waals surface area contributed by atoms with Crippen molar-refractivity contribution in [3.05, 3.63) is 36.5 Å². The number of amides is 1. The number of aliphatic hydroxyl groups is 2. The van der Waals surface area contributed by atoms with Gasteiger partial charge in [-0.25, -0.2) is 0 Å². The van der Waals surface area contributed by atoms with E-state index < -0.39 is 12.1 Å². The first-order valence-electron chi connectivity index (χ1n) is 25.8. The molecule has 0 saturated carbocycles. The fraction of sp³-hybridized carbons (Fsp3) is 0.849. The molecular formula is C53H99NO5. The second-order valence-electron chi connectivity index (χ2n) is 17.5. The van der Waals surface area contributed by atoms with E-state index in [-0.39, 0.29) is 18.5 Å². The number of unbranched alkanes of at least 4 members (excludes halogenated alkanes) is 32. The number of carbonyl (C=O) groups is 2. The molecule has 0 aliphatic rings. The molecule has 0 aromatic rings. The Kier molecular flexibility index (Phi) is 47.2. The normalized spacial score (nSPS) is 12.9. The lowest BCUT2D eigenvalue weighted by Gasteiger charge is -2.20. The maximum atomic E-state index is 12.4. The molecule has 0 rings (SSSR count). The summed E-state index contributed by atoms with van der Waals surface area (Å²) in [5.74, 6) is -0.0937. The Labute approximate surface area is 366 Å². The number of hydrogen-bond donors (Lipinski definition) is 3. The summed E-state index contributed by atoms with van der Waals surface area (Å²) in [6.07, 6.45) is 58.5. The van der Waals surface area contributed by atoms with Gasteiger partial charge >= 0.3 is 5.97 Å². The molecule has 0 aliphatic carbocycles. The van der Waals surface area contributed by atoms with Gasteiger partial charge < -0.3 is 20.3 Å². The van der Waals surface area contributed by atoms with E-state index >= 15 is 0 Å². The number of esters is 1. The van der Waals surface area contributed by atoms with Gasteiger partial charge in [-0.05, 0) is 64.2 Å². The van der Waals surface area contributed by atoms with Crippen LogP contribution in [0.5, 0.6) is 0 Å². The Morgan fingerprint density at radius 2 is 0.847 bits per heavy atom. The zero-order valence-electron chi connectivity index (χ0n) is 39.2. The van der Waals surface area contributed by atoms with Crippen molar-refractivity contribution in [2.75, 3.05) is 13.2 Å². The highest BCUT2D eigenvalue weighted by molar-refractivity contribution is 5.76. The molecule has 0 spiro atoms. The van der Waals surface area contributed by atoms with E-state index in [2.05, 4.69) is 43.5 Å². The lowest BCUT2D eigenvalue weighted by molar-refractivity contribution is -0.143. The SMILES string of the molecule is CCCCC/C=C\C/C=C\CCCCCCCC(=O)OCCCCCCCCCCCCCCCCCC(=O)NC(CO)C(O)/C=C/CCCCCCCCCCCC. The average Bonchev–Trinajstić information content (AvgIpc) is 3.24. The first-order valence-corrected chi connectivity index (χ1v) is 25.8. The van der Waals surface area contributed by atoms with Gasteiger partial charge in [-0.15, -0.1) is 0 Å². The Morgan fingerprint density at radius 3 is 1.32 bits per heavy atom. The van der Waals surface area contributed by atoms with Crippen molar-refractivity contribution in [3.8, 4) is 0 Å². The van der Waals surface area contributed by atoms with E-state index in [0.717, 1.165) is 64.2 Å². The summed E-state index contributed by atoms with van der Waals surface area (Å²) < 4.78 is 5.46. The topological polar surface area (TPSA) is 95.9 Å². The maximum Gasteiger partial charge on any atom is 0.305 e. The summed E-state index contributed by atoms with van der Waals surface area (Å²) in [6, 6.07) is -0.634. The zero-order chi connectivity index (χ0) is 43.0. The number of carbonyl (C=O) groups excluding carboxylic acids is 2. The smallest absolute Gasteiger partial charge is 0.305 e. The molecule has 0 heterocycles. The number of nitrogens with one attached hydrogen (secondary N) is 1. The summed E-state index contributed by atoms with van der Waals surface area (Å²) in [7, 11) is 0. The van der Waals surface area contributed by atoms with Crippen LogP contribution in [0, 0.1) is 0 Å². The standard InChI is InChI=1S/C53H99NO5/c1-3-5-7-9-11-13-15-17-19-23-27-31-35-39-43-47-53(58)59-48-44-40-36-32-28-24-21-18-20-22-26-30-34-38-42-46-52(57)54-50(49-55)51(56)45-41-37-33-29-25-16-14-12-10-8-6-4-2/h11,13,17,19,41,45,50-51,55-56H,3-10,12,14-16,18,20-40,42-44,46-49H2,1-2H3,(H,54,57)/b13-11-,19-17-,45-41+. The highest BCUT2D eigenvalue weighted by Crippen LogP contribution is 2.15. The third kappa shape index (κ3) is 45.4. The van der Waals surface area contributed by atoms with Crippen molar-refractivity contribution in [2.24, 2.45) is 0 Å². The summed E-state index contributed by atoms with van der Waals surface area (Å²) in [5, 5.41) is 23.0. The predicted molar refractivity (Wildman–Crippen MR) is 255 cm³/mol. The van der Waals surface area contributed by atoms with E-state index in [0.29, 0.717) is 19.4 Å². The molecule has 59 heavy (non-hydrogen) atoms. The van der Waals surface area contributed by atoms with Crippen molar-refractivity contribution >= 4 is 11.9 Å². The predicted octanol–water partition coefficient (Wildman–Crippen LogP) is 15.3. The number of rotatable bonds is 47. The second-order valence-corrected chi connectivity index (χ2v) is 17.5. The van der Waals surface area contributed by atoms with Crippen molar-refractivity contribution < 1.29 is 24.5 Å². The molecule has 0 aromatic carbocycles. The van der Waals surface area contributed by atoms with Crippen LogP contribution in [0.4, 0.5) is 0 Å². The van der Waals surface area contributed by atoms with E-state index in [4.69, 9.17) is 4.74 Å². The number of hydrogen-bond acceptors (Lipinski definition) is 5. The summed E-state index contributed by atoms with van der Waals surface area (Å²) in [4.78, 5) is 24.4. The minimum Gasteiger partial charge on any atom is -0.466 e. The van der Waals surface area contributed by atoms with Crippen LogP contribution in [0.15, 0.2) is 36.5 Å². The minimum absolute atomic E-state index is 0.0152. The third-order valence-corrected chi connectivity index (χ3v) is 11.7. The molecular weight excluding hydrogens is 731 g/mol. The Hall–Kier alpha value is -1.92. The summed E-state index contributed by atoms with van der Waals surface area (Å²) in [6.45, 7) is 4.84. The average molecular weight is 830 g/mol. The first-order chi connectivity index (χ1) is 29.0. The molecule has 0 saturated heterocycles. The molecule has 6 heteroatoms. The van der Waals surface area contributed by atoms with E-state index in [1.165, 1.54) is 173 Å². The van der Waals surface area contributed by atoms with Gasteiger partial charge in [0, 0.05) is 12.8 Å². The number of allylic oxidation sites excluding steroid dienone is 5. The van der Waals surface area contributed by atoms with Gasteiger partial charge in [0.1, 0.15) is 0 Å². The molecule has 0 radical (unpaired) electrons. The van der Waals surface area contributed by atoms with Gasteiger partial charge in [0.15, 0.2) is 0 Å². The van der Waals surface area contributed by atoms with Crippen molar-refractivity contribution in [3.63, 3.8) is 0 Å². The van der Waals surface area contributed by atoms with Crippen molar-refractivity contribution in [1.82, 2.24) is 5.32 Å². The van der Waals surface area contributed by atoms with Gasteiger partial charge in [-0.3, -0.25) is 9.59 Å². The quantitative estimate of drug-likeness (QED) is 0.0323. The molecule has 2 atom stereocenters. The van der Waals surface area contributed by atoms with E-state index in [1.807, 2.05) is 6.08 Å². The maximum absolute atomic E-state index is 12.4. The Balaban J connectivity index is 3.47. The van der Waals surface area contributed by atoms with Crippen LogP contribution < -0.4 is 5.32 Å². The van der Waals surface area contributed by atoms with Crippen LogP contribution in [-0.4, -0.2) is 47.4 Å². The molecule has 2 unspecified atom stereocenters. The molecule has 0 aliphatic heterocycles. The van der Waals surface area contributed by atoms with Crippen LogP contribution in [0.25, 0.3) is 0 Å². The van der Waals surface area contributed by atoms with Gasteiger partial charge in [0.2, 0.25) is 5.91 Å². The highest BCUT2D eigenvalue weighted by atomic mass is 16.5. The van der Waals surface area contributed by atoms with Crippen LogP contribution in [0.3, 0.4) is 0 Å². The van der Waals surface area contributed by atoms with Gasteiger partial charge in [-0.1, -0.05) is 224 Å². The molecule has 0 fully saturated rings. The lowest BCUT2D eigenvalue weighted by atomic mass is 10.0. The molecule has 1 amide bonds. The minimum atomic E-state index is -0.849. The third-order valence-electron chi connectivity index (χ3n) is 11.7. The Morgan fingerprint density at radius 1 is 0.475 bits per heavy atom. The van der Waals surface area contributed by atoms with Crippen molar-refractivity contribution in [2.45, 2.75) is 276 Å². The molecule has 3 N–H and O–H groups in total. The highest BCUT2D eigenvalue weighted by Gasteiger charge is 2.18. The summed E-state index contributed by atoms with van der Waals surface area (Å²) >= 11 is 0. The van der Waals surface area contributed by atoms with Gasteiger partial charge in [0.05, 0.1) is 25.4 Å². The zero-order valence-corrected chi connectivity index (χ0v) is 39.2. The van der Waals surface area contributed by atoms with Crippen LogP contribution in [-0.2, 0) is 14.3 Å². The second kappa shape index (κ2) is 48.7.